The fourth-order valence-electron chi connectivity index (χ4n) is 2.63. The number of hydrogen-bond acceptors (Lipinski definition) is 7. The van der Waals surface area contributed by atoms with Crippen molar-refractivity contribution in [3.05, 3.63) is 57.2 Å². The van der Waals surface area contributed by atoms with Gasteiger partial charge in [-0.05, 0) is 64.8 Å². The number of hydrogen-bond donors (Lipinski definition) is 1. The van der Waals surface area contributed by atoms with Crippen molar-refractivity contribution in [3.63, 3.8) is 0 Å². The maximum atomic E-state index is 12.3. The number of benzene rings is 2. The zero-order chi connectivity index (χ0) is 22.4. The molecule has 8 nitrogen and oxygen atoms in total. The number of esters is 1. The molecule has 0 atom stereocenters. The molecule has 1 aromatic heterocycles. The molecule has 0 spiro atoms. The smallest absolute Gasteiger partial charge is 0.344 e. The molecule has 1 amide bonds. The van der Waals surface area contributed by atoms with Crippen LogP contribution in [0.5, 0.6) is 11.5 Å². The van der Waals surface area contributed by atoms with E-state index in [9.17, 15) is 9.59 Å². The highest BCUT2D eigenvalue weighted by Crippen LogP contribution is 2.36. The van der Waals surface area contributed by atoms with Gasteiger partial charge in [-0.3, -0.25) is 4.79 Å². The van der Waals surface area contributed by atoms with Crippen LogP contribution in [-0.2, 0) is 9.53 Å². The molecule has 1 N–H and O–H groups in total. The quantitative estimate of drug-likeness (QED) is 0.271. The summed E-state index contributed by atoms with van der Waals surface area (Å²) in [7, 11) is 1.47. The van der Waals surface area contributed by atoms with Crippen molar-refractivity contribution in [3.8, 4) is 11.5 Å². The Balaban J connectivity index is 1.68. The largest absolute Gasteiger partial charge is 0.493 e. The number of hydrazone groups is 1. The molecule has 0 aliphatic carbocycles. The van der Waals surface area contributed by atoms with Crippen LogP contribution < -0.4 is 14.9 Å². The van der Waals surface area contributed by atoms with Crippen LogP contribution in [0.25, 0.3) is 11.0 Å². The van der Waals surface area contributed by atoms with Crippen LogP contribution in [0.1, 0.15) is 23.0 Å². The topological polar surface area (TPSA) is 99.4 Å². The predicted molar refractivity (Wildman–Crippen MR) is 119 cm³/mol. The number of rotatable bonds is 8. The first-order valence-corrected chi connectivity index (χ1v) is 10.3. The van der Waals surface area contributed by atoms with E-state index in [-0.39, 0.29) is 19.0 Å². The summed E-state index contributed by atoms with van der Waals surface area (Å²) in [6.07, 6.45) is 1.43. The second-order valence-electron chi connectivity index (χ2n) is 6.12. The summed E-state index contributed by atoms with van der Waals surface area (Å²) in [4.78, 5) is 23.8. The zero-order valence-corrected chi connectivity index (χ0v) is 19.0. The molecular weight excluding hydrogens is 492 g/mol. The summed E-state index contributed by atoms with van der Waals surface area (Å²) < 4.78 is 21.7. The summed E-state index contributed by atoms with van der Waals surface area (Å²) in [5, 5.41) is 5.21. The Hall–Kier alpha value is -3.04. The fourth-order valence-corrected chi connectivity index (χ4v) is 3.39. The Bertz CT molecular complexity index is 1140. The third-order valence-electron chi connectivity index (χ3n) is 3.97. The van der Waals surface area contributed by atoms with Gasteiger partial charge in [-0.1, -0.05) is 11.6 Å². The van der Waals surface area contributed by atoms with Gasteiger partial charge in [0.25, 0.3) is 0 Å². The van der Waals surface area contributed by atoms with Crippen LogP contribution in [0.3, 0.4) is 0 Å². The molecule has 10 heteroatoms. The molecule has 3 rings (SSSR count). The van der Waals surface area contributed by atoms with E-state index in [1.54, 1.807) is 43.3 Å². The van der Waals surface area contributed by atoms with E-state index in [1.807, 2.05) is 0 Å². The highest BCUT2D eigenvalue weighted by Gasteiger charge is 2.14. The molecule has 1 heterocycles. The van der Waals surface area contributed by atoms with Gasteiger partial charge in [0.2, 0.25) is 0 Å². The van der Waals surface area contributed by atoms with E-state index in [0.29, 0.717) is 37.5 Å². The van der Waals surface area contributed by atoms with Crippen molar-refractivity contribution >= 4 is 56.6 Å². The molecule has 0 unspecified atom stereocenters. The monoisotopic (exact) mass is 508 g/mol. The summed E-state index contributed by atoms with van der Waals surface area (Å²) in [5.74, 6) is -0.171. The third-order valence-corrected chi connectivity index (χ3v) is 4.80. The average Bonchev–Trinajstić information content (AvgIpc) is 3.16. The maximum Gasteiger partial charge on any atom is 0.344 e. The van der Waals surface area contributed by atoms with Gasteiger partial charge >= 0.3 is 11.9 Å². The van der Waals surface area contributed by atoms with Crippen LogP contribution in [0.15, 0.2) is 50.4 Å². The number of fused-ring (bicyclic) bond motifs is 1. The van der Waals surface area contributed by atoms with Crippen LogP contribution in [0.2, 0.25) is 5.02 Å². The van der Waals surface area contributed by atoms with E-state index in [0.717, 1.165) is 0 Å². The highest BCUT2D eigenvalue weighted by atomic mass is 79.9. The lowest BCUT2D eigenvalue weighted by molar-refractivity contribution is -0.145. The van der Waals surface area contributed by atoms with Crippen molar-refractivity contribution < 1.29 is 28.2 Å². The molecule has 31 heavy (non-hydrogen) atoms. The minimum atomic E-state index is -0.510. The molecule has 0 aliphatic rings. The summed E-state index contributed by atoms with van der Waals surface area (Å²) in [5.41, 5.74) is 3.57. The van der Waals surface area contributed by atoms with E-state index in [1.165, 1.54) is 13.3 Å². The molecule has 0 bridgehead atoms. The van der Waals surface area contributed by atoms with E-state index in [2.05, 4.69) is 26.5 Å². The lowest BCUT2D eigenvalue weighted by Gasteiger charge is -2.13. The molecular formula is C21H18BrClN2O6. The fraction of sp³-hybridized carbons (Fsp3) is 0.190. The van der Waals surface area contributed by atoms with Gasteiger partial charge in [0.15, 0.2) is 23.9 Å². The summed E-state index contributed by atoms with van der Waals surface area (Å²) >= 11 is 9.32. The number of carbonyl (C=O) groups excluding carboxylic acids is 2. The molecule has 0 saturated heterocycles. The first-order valence-electron chi connectivity index (χ1n) is 9.09. The Morgan fingerprint density at radius 1 is 1.26 bits per heavy atom. The number of ether oxygens (including phenoxy) is 3. The SMILES string of the molecule is CCOC(=O)COc1c(Br)cc(/C=N/NC(=O)c2cc3cc(Cl)ccc3o2)cc1OC. The van der Waals surface area contributed by atoms with Crippen LogP contribution in [0.4, 0.5) is 0 Å². The number of nitrogens with one attached hydrogen (secondary N) is 1. The number of nitrogens with zero attached hydrogens (tertiary/aromatic N) is 1. The van der Waals surface area contributed by atoms with Crippen molar-refractivity contribution in [2.75, 3.05) is 20.3 Å². The molecule has 0 fully saturated rings. The maximum absolute atomic E-state index is 12.3. The third kappa shape index (κ3) is 5.77. The number of amides is 1. The van der Waals surface area contributed by atoms with Crippen molar-refractivity contribution in [1.29, 1.82) is 0 Å². The van der Waals surface area contributed by atoms with Crippen molar-refractivity contribution in [1.82, 2.24) is 5.43 Å². The van der Waals surface area contributed by atoms with Gasteiger partial charge in [-0.15, -0.1) is 0 Å². The van der Waals surface area contributed by atoms with Gasteiger partial charge in [-0.25, -0.2) is 10.2 Å². The van der Waals surface area contributed by atoms with Crippen LogP contribution in [-0.4, -0.2) is 38.4 Å². The van der Waals surface area contributed by atoms with Gasteiger partial charge in [0, 0.05) is 10.4 Å². The van der Waals surface area contributed by atoms with Gasteiger partial charge in [-0.2, -0.15) is 5.10 Å². The Kier molecular flexibility index (Phi) is 7.54. The molecule has 2 aromatic carbocycles. The van der Waals surface area contributed by atoms with Gasteiger partial charge in [0.1, 0.15) is 5.58 Å². The Morgan fingerprint density at radius 2 is 2.06 bits per heavy atom. The second-order valence-corrected chi connectivity index (χ2v) is 7.41. The average molecular weight is 510 g/mol. The zero-order valence-electron chi connectivity index (χ0n) is 16.6. The number of carbonyl (C=O) groups is 2. The first-order chi connectivity index (χ1) is 14.9. The first kappa shape index (κ1) is 22.6. The minimum absolute atomic E-state index is 0.107. The lowest BCUT2D eigenvalue weighted by atomic mass is 10.2. The van der Waals surface area contributed by atoms with Crippen LogP contribution in [0, 0.1) is 0 Å². The number of halogens is 2. The normalized spacial score (nSPS) is 11.0. The molecule has 0 saturated carbocycles. The molecule has 0 radical (unpaired) electrons. The van der Waals surface area contributed by atoms with Gasteiger partial charge in [0.05, 0.1) is 24.4 Å². The highest BCUT2D eigenvalue weighted by molar-refractivity contribution is 9.10. The van der Waals surface area contributed by atoms with Crippen molar-refractivity contribution in [2.45, 2.75) is 6.92 Å². The summed E-state index contributed by atoms with van der Waals surface area (Å²) in [6, 6.07) is 9.99. The standard InChI is InChI=1S/C21H18BrClN2O6/c1-3-29-19(26)11-30-20-15(22)6-12(7-17(20)28-2)10-24-25-21(27)18-9-13-8-14(23)4-5-16(13)31-18/h4-10H,3,11H2,1-2H3,(H,25,27)/b24-10+. The molecule has 3 aromatic rings. The van der Waals surface area contributed by atoms with E-state index >= 15 is 0 Å². The summed E-state index contributed by atoms with van der Waals surface area (Å²) in [6.45, 7) is 1.73. The molecule has 0 aliphatic heterocycles. The predicted octanol–water partition coefficient (Wildman–Crippen LogP) is 4.56. The number of furan rings is 1. The Labute approximate surface area is 191 Å². The van der Waals surface area contributed by atoms with Gasteiger partial charge < -0.3 is 18.6 Å². The number of methoxy groups -OCH3 is 1. The molecule has 162 valence electrons. The van der Waals surface area contributed by atoms with Crippen molar-refractivity contribution in [2.24, 2.45) is 5.10 Å². The van der Waals surface area contributed by atoms with E-state index in [4.69, 9.17) is 30.2 Å². The second kappa shape index (κ2) is 10.3. The minimum Gasteiger partial charge on any atom is -0.493 e. The van der Waals surface area contributed by atoms with Crippen LogP contribution >= 0.6 is 27.5 Å². The lowest BCUT2D eigenvalue weighted by Crippen LogP contribution is -2.16. The van der Waals surface area contributed by atoms with E-state index < -0.39 is 11.9 Å². The Morgan fingerprint density at radius 3 is 2.81 bits per heavy atom.